The number of hydrogen-bond donors (Lipinski definition) is 0. The molecule has 0 saturated carbocycles. The van der Waals surface area contributed by atoms with E-state index in [1.54, 1.807) is 12.3 Å². The molecule has 8 heteroatoms. The molecule has 1 heterocycles. The summed E-state index contributed by atoms with van der Waals surface area (Å²) < 4.78 is 21.6. The normalized spacial score (nSPS) is 10.5. The van der Waals surface area contributed by atoms with E-state index >= 15 is 0 Å². The highest BCUT2D eigenvalue weighted by Gasteiger charge is 2.11. The lowest BCUT2D eigenvalue weighted by Crippen LogP contribution is -2.06. The molecule has 0 spiro atoms. The lowest BCUT2D eigenvalue weighted by atomic mass is 10.2. The van der Waals surface area contributed by atoms with Gasteiger partial charge in [0.25, 0.3) is 0 Å². The monoisotopic (exact) mass is 375 g/mol. The molecule has 0 saturated heterocycles. The minimum Gasteiger partial charge on any atom is -0.498 e. The van der Waals surface area contributed by atoms with Gasteiger partial charge in [-0.25, -0.2) is 4.98 Å². The van der Waals surface area contributed by atoms with Crippen molar-refractivity contribution in [3.05, 3.63) is 55.0 Å². The van der Waals surface area contributed by atoms with Gasteiger partial charge in [-0.05, 0) is 18.6 Å². The molecule has 0 amide bonds. The quantitative estimate of drug-likeness (QED) is 0.298. The van der Waals surface area contributed by atoms with Gasteiger partial charge in [0.1, 0.15) is 37.9 Å². The van der Waals surface area contributed by atoms with Crippen molar-refractivity contribution in [1.82, 2.24) is 4.98 Å². The third-order valence-corrected chi connectivity index (χ3v) is 3.71. The molecule has 1 aromatic carbocycles. The summed E-state index contributed by atoms with van der Waals surface area (Å²) in [5.74, 6) is 1.21. The predicted octanol–water partition coefficient (Wildman–Crippen LogP) is 4.94. The highest BCUT2D eigenvalue weighted by atomic mass is 32.1. The molecule has 0 unspecified atom stereocenters. The molecule has 0 atom stereocenters. The number of nitrogens with zero attached hydrogens (tertiary/aromatic N) is 3. The van der Waals surface area contributed by atoms with E-state index in [0.29, 0.717) is 48.7 Å². The minimum atomic E-state index is 0.342. The lowest BCUT2D eigenvalue weighted by molar-refractivity contribution is 0.174. The lowest BCUT2D eigenvalue weighted by Gasteiger charge is -2.13. The van der Waals surface area contributed by atoms with Crippen LogP contribution in [0.4, 0.5) is 10.8 Å². The van der Waals surface area contributed by atoms with Crippen LogP contribution in [-0.4, -0.2) is 31.4 Å². The van der Waals surface area contributed by atoms with E-state index in [4.69, 9.17) is 18.9 Å². The van der Waals surface area contributed by atoms with Crippen LogP contribution in [-0.2, 0) is 9.47 Å². The summed E-state index contributed by atoms with van der Waals surface area (Å²) in [6, 6.07) is 3.64. The van der Waals surface area contributed by atoms with E-state index in [-0.39, 0.29) is 0 Å². The van der Waals surface area contributed by atoms with E-state index in [1.165, 1.54) is 23.9 Å². The summed E-state index contributed by atoms with van der Waals surface area (Å²) >= 11 is 1.41. The molecule has 138 valence electrons. The molecule has 0 fully saturated rings. The fourth-order valence-corrected chi connectivity index (χ4v) is 2.42. The van der Waals surface area contributed by atoms with Gasteiger partial charge in [0.05, 0.1) is 12.5 Å². The van der Waals surface area contributed by atoms with Crippen LogP contribution in [0.3, 0.4) is 0 Å². The molecule has 1 aromatic heterocycles. The number of thiazole rings is 1. The first-order valence-corrected chi connectivity index (χ1v) is 8.79. The van der Waals surface area contributed by atoms with Gasteiger partial charge in [-0.2, -0.15) is 0 Å². The fourth-order valence-electron chi connectivity index (χ4n) is 1.97. The van der Waals surface area contributed by atoms with Crippen LogP contribution in [0.5, 0.6) is 11.5 Å². The molecule has 0 radical (unpaired) electrons. The first-order valence-electron chi connectivity index (χ1n) is 7.91. The van der Waals surface area contributed by atoms with Crippen LogP contribution in [0.25, 0.3) is 0 Å². The molecule has 2 rings (SSSR count). The fraction of sp³-hybridized carbons (Fsp3) is 0.278. The topological polar surface area (TPSA) is 74.5 Å². The van der Waals surface area contributed by atoms with Crippen molar-refractivity contribution >= 4 is 22.2 Å². The second-order valence-electron chi connectivity index (χ2n) is 4.87. The molecule has 26 heavy (non-hydrogen) atoms. The molecule has 0 N–H and O–H groups in total. The Morgan fingerprint density at radius 2 is 1.77 bits per heavy atom. The number of azo groups is 1. The average molecular weight is 375 g/mol. The molecular formula is C18H21N3O4S. The van der Waals surface area contributed by atoms with E-state index in [0.717, 1.165) is 5.56 Å². The van der Waals surface area contributed by atoms with E-state index in [2.05, 4.69) is 28.4 Å². The maximum atomic E-state index is 5.79. The van der Waals surface area contributed by atoms with Gasteiger partial charge < -0.3 is 18.9 Å². The highest BCUT2D eigenvalue weighted by molar-refractivity contribution is 7.13. The predicted molar refractivity (Wildman–Crippen MR) is 101 cm³/mol. The van der Waals surface area contributed by atoms with Gasteiger partial charge in [-0.15, -0.1) is 21.6 Å². The molecule has 0 aliphatic rings. The number of ether oxygens (including phenoxy) is 4. The number of hydrogen-bond acceptors (Lipinski definition) is 8. The van der Waals surface area contributed by atoms with Gasteiger partial charge in [0.15, 0.2) is 5.75 Å². The van der Waals surface area contributed by atoms with E-state index < -0.39 is 0 Å². The van der Waals surface area contributed by atoms with Crippen LogP contribution < -0.4 is 9.47 Å². The minimum absolute atomic E-state index is 0.342. The summed E-state index contributed by atoms with van der Waals surface area (Å²) in [6.45, 7) is 10.4. The molecule has 0 aliphatic carbocycles. The summed E-state index contributed by atoms with van der Waals surface area (Å²) in [6.07, 6.45) is 4.43. The van der Waals surface area contributed by atoms with Gasteiger partial charge in [-0.1, -0.05) is 13.2 Å². The third kappa shape index (κ3) is 6.21. The Labute approximate surface area is 156 Å². The molecular weight excluding hydrogens is 354 g/mol. The number of rotatable bonds is 12. The zero-order valence-electron chi connectivity index (χ0n) is 14.6. The van der Waals surface area contributed by atoms with Gasteiger partial charge in [0, 0.05) is 17.6 Å². The summed E-state index contributed by atoms with van der Waals surface area (Å²) in [5.41, 5.74) is 1.49. The standard InChI is InChI=1S/C18H21N3O4S/c1-4-22-7-9-24-15-12-14(3)17(20-21-18-19-6-11-26-18)16(13-15)25-10-8-23-5-2/h4-6,11-13H,1-2,7-10H2,3H3. The van der Waals surface area contributed by atoms with Crippen molar-refractivity contribution in [3.63, 3.8) is 0 Å². The maximum absolute atomic E-state index is 5.79. The van der Waals surface area contributed by atoms with Crippen molar-refractivity contribution in [1.29, 1.82) is 0 Å². The van der Waals surface area contributed by atoms with Gasteiger partial charge >= 0.3 is 0 Å². The van der Waals surface area contributed by atoms with E-state index in [9.17, 15) is 0 Å². The van der Waals surface area contributed by atoms with Gasteiger partial charge in [0.2, 0.25) is 5.13 Å². The van der Waals surface area contributed by atoms with Crippen LogP contribution in [0.1, 0.15) is 5.56 Å². The number of aromatic nitrogens is 1. The summed E-state index contributed by atoms with van der Waals surface area (Å²) in [5, 5.41) is 10.9. The molecule has 0 bridgehead atoms. The SMILES string of the molecule is C=COCCOc1cc(C)c(N=Nc2nccs2)c(OCCOC=C)c1. The van der Waals surface area contributed by atoms with Crippen molar-refractivity contribution in [2.45, 2.75) is 6.92 Å². The van der Waals surface area contributed by atoms with Crippen molar-refractivity contribution in [3.8, 4) is 11.5 Å². The van der Waals surface area contributed by atoms with E-state index in [1.807, 2.05) is 18.4 Å². The molecule has 0 aliphatic heterocycles. The van der Waals surface area contributed by atoms with Crippen LogP contribution in [0.2, 0.25) is 0 Å². The first kappa shape index (κ1) is 19.5. The average Bonchev–Trinajstić information content (AvgIpc) is 3.15. The van der Waals surface area contributed by atoms with Crippen molar-refractivity contribution in [2.75, 3.05) is 26.4 Å². The second kappa shape index (κ2) is 10.9. The Balaban J connectivity index is 2.16. The Morgan fingerprint density at radius 1 is 1.04 bits per heavy atom. The first-order chi connectivity index (χ1) is 12.7. The Bertz CT molecular complexity index is 732. The molecule has 7 nitrogen and oxygen atoms in total. The Morgan fingerprint density at radius 3 is 2.42 bits per heavy atom. The third-order valence-electron chi connectivity index (χ3n) is 3.06. The zero-order chi connectivity index (χ0) is 18.6. The zero-order valence-corrected chi connectivity index (χ0v) is 15.4. The smallest absolute Gasteiger partial charge is 0.229 e. The van der Waals surface area contributed by atoms with Crippen LogP contribution >= 0.6 is 11.3 Å². The Kier molecular flexibility index (Phi) is 8.14. The number of aryl methyl sites for hydroxylation is 1. The summed E-state index contributed by atoms with van der Waals surface area (Å²) in [7, 11) is 0. The maximum Gasteiger partial charge on any atom is 0.229 e. The number of benzene rings is 1. The van der Waals surface area contributed by atoms with Crippen molar-refractivity contribution in [2.24, 2.45) is 10.2 Å². The van der Waals surface area contributed by atoms with Crippen molar-refractivity contribution < 1.29 is 18.9 Å². The van der Waals surface area contributed by atoms with Gasteiger partial charge in [-0.3, -0.25) is 0 Å². The second-order valence-corrected chi connectivity index (χ2v) is 5.75. The summed E-state index contributed by atoms with van der Waals surface area (Å²) in [4.78, 5) is 4.09. The highest BCUT2D eigenvalue weighted by Crippen LogP contribution is 2.37. The van der Waals surface area contributed by atoms with Crippen LogP contribution in [0.15, 0.2) is 59.6 Å². The largest absolute Gasteiger partial charge is 0.498 e. The molecule has 2 aromatic rings. The Hall–Kier alpha value is -2.87. The van der Waals surface area contributed by atoms with Crippen LogP contribution in [0, 0.1) is 6.92 Å².